The van der Waals surface area contributed by atoms with Crippen molar-refractivity contribution in [1.29, 1.82) is 0 Å². The molecule has 4 rings (SSSR count). The molecule has 0 spiro atoms. The summed E-state index contributed by atoms with van der Waals surface area (Å²) in [4.78, 5) is 31.3. The lowest BCUT2D eigenvalue weighted by molar-refractivity contribution is -0.119. The summed E-state index contributed by atoms with van der Waals surface area (Å²) >= 11 is 1.40. The molecule has 1 aromatic carbocycles. The van der Waals surface area contributed by atoms with Crippen molar-refractivity contribution >= 4 is 34.0 Å². The molecule has 1 aromatic heterocycles. The van der Waals surface area contributed by atoms with E-state index in [1.54, 1.807) is 0 Å². The lowest BCUT2D eigenvalue weighted by Crippen LogP contribution is -2.36. The summed E-state index contributed by atoms with van der Waals surface area (Å²) in [6, 6.07) is 8.10. The average molecular weight is 369 g/mol. The average Bonchev–Trinajstić information content (AvgIpc) is 3.33. The van der Waals surface area contributed by atoms with Gasteiger partial charge in [-0.2, -0.15) is 0 Å². The summed E-state index contributed by atoms with van der Waals surface area (Å²) in [7, 11) is 0. The summed E-state index contributed by atoms with van der Waals surface area (Å²) in [6.45, 7) is 0.755. The molecule has 0 bridgehead atoms. The standard InChI is InChI=1S/C20H23N3O2S/c24-18(23-11-5-9-14-6-3-4-10-17(14)23)12-16-13-26-20(21-16)22-19(25)15-7-1-2-8-15/h3-4,6,10,13,15H,1-2,5,7-9,11-12H2,(H,21,22,25). The predicted molar refractivity (Wildman–Crippen MR) is 104 cm³/mol. The summed E-state index contributed by atoms with van der Waals surface area (Å²) in [5.41, 5.74) is 2.98. The molecule has 136 valence electrons. The third kappa shape index (κ3) is 3.65. The second kappa shape index (κ2) is 7.58. The summed E-state index contributed by atoms with van der Waals surface area (Å²) in [5.74, 6) is 0.254. The van der Waals surface area contributed by atoms with E-state index in [1.165, 1.54) is 16.9 Å². The number of rotatable bonds is 4. The first-order chi connectivity index (χ1) is 12.7. The summed E-state index contributed by atoms with van der Waals surface area (Å²) < 4.78 is 0. The number of anilines is 2. The number of thiazole rings is 1. The van der Waals surface area contributed by atoms with Gasteiger partial charge in [-0.3, -0.25) is 9.59 Å². The van der Waals surface area contributed by atoms with Crippen LogP contribution in [0.5, 0.6) is 0 Å². The van der Waals surface area contributed by atoms with Crippen LogP contribution < -0.4 is 10.2 Å². The van der Waals surface area contributed by atoms with Crippen LogP contribution in [0, 0.1) is 5.92 Å². The fraction of sp³-hybridized carbons (Fsp3) is 0.450. The molecule has 1 saturated carbocycles. The van der Waals surface area contributed by atoms with Gasteiger partial charge in [0.15, 0.2) is 5.13 Å². The zero-order valence-corrected chi connectivity index (χ0v) is 15.6. The van der Waals surface area contributed by atoms with Crippen molar-refractivity contribution in [3.05, 3.63) is 40.9 Å². The number of aryl methyl sites for hydroxylation is 1. The smallest absolute Gasteiger partial charge is 0.233 e. The molecule has 0 atom stereocenters. The number of para-hydroxylation sites is 1. The number of nitrogens with one attached hydrogen (secondary N) is 1. The second-order valence-corrected chi connectivity index (χ2v) is 7.93. The first kappa shape index (κ1) is 17.2. The van der Waals surface area contributed by atoms with Crippen molar-refractivity contribution in [3.63, 3.8) is 0 Å². The van der Waals surface area contributed by atoms with E-state index in [0.29, 0.717) is 5.13 Å². The lowest BCUT2D eigenvalue weighted by atomic mass is 10.0. The normalized spacial score (nSPS) is 17.2. The van der Waals surface area contributed by atoms with Gasteiger partial charge in [0, 0.05) is 23.5 Å². The predicted octanol–water partition coefficient (Wildman–Crippen LogP) is 3.79. The number of aromatic nitrogens is 1. The van der Waals surface area contributed by atoms with Crippen LogP contribution in [-0.4, -0.2) is 23.3 Å². The van der Waals surface area contributed by atoms with E-state index in [2.05, 4.69) is 16.4 Å². The summed E-state index contributed by atoms with van der Waals surface area (Å²) in [6.07, 6.45) is 6.48. The number of nitrogens with zero attached hydrogens (tertiary/aromatic N) is 2. The highest BCUT2D eigenvalue weighted by atomic mass is 32.1. The molecular formula is C20H23N3O2S. The van der Waals surface area contributed by atoms with Gasteiger partial charge in [-0.05, 0) is 37.3 Å². The van der Waals surface area contributed by atoms with E-state index in [9.17, 15) is 9.59 Å². The number of amides is 2. The maximum Gasteiger partial charge on any atom is 0.233 e. The van der Waals surface area contributed by atoms with Crippen LogP contribution in [0.2, 0.25) is 0 Å². The number of hydrogen-bond acceptors (Lipinski definition) is 4. The molecule has 2 amide bonds. The Kier molecular flexibility index (Phi) is 5.02. The Hall–Kier alpha value is -2.21. The van der Waals surface area contributed by atoms with E-state index < -0.39 is 0 Å². The monoisotopic (exact) mass is 369 g/mol. The highest BCUT2D eigenvalue weighted by Gasteiger charge is 2.25. The van der Waals surface area contributed by atoms with Crippen molar-refractivity contribution in [1.82, 2.24) is 4.98 Å². The van der Waals surface area contributed by atoms with Gasteiger partial charge in [0.05, 0.1) is 12.1 Å². The van der Waals surface area contributed by atoms with E-state index in [4.69, 9.17) is 0 Å². The van der Waals surface area contributed by atoms with Gasteiger partial charge in [-0.1, -0.05) is 31.0 Å². The van der Waals surface area contributed by atoms with E-state index in [1.807, 2.05) is 28.5 Å². The lowest BCUT2D eigenvalue weighted by Gasteiger charge is -2.29. The van der Waals surface area contributed by atoms with Crippen LogP contribution in [0.4, 0.5) is 10.8 Å². The number of benzene rings is 1. The molecule has 0 radical (unpaired) electrons. The fourth-order valence-corrected chi connectivity index (χ4v) is 4.60. The van der Waals surface area contributed by atoms with Crippen molar-refractivity contribution in [2.75, 3.05) is 16.8 Å². The highest BCUT2D eigenvalue weighted by molar-refractivity contribution is 7.13. The molecule has 5 nitrogen and oxygen atoms in total. The van der Waals surface area contributed by atoms with Crippen LogP contribution >= 0.6 is 11.3 Å². The maximum atomic E-state index is 12.8. The van der Waals surface area contributed by atoms with E-state index in [0.717, 1.165) is 56.5 Å². The molecule has 0 unspecified atom stereocenters. The van der Waals surface area contributed by atoms with Gasteiger partial charge in [-0.25, -0.2) is 4.98 Å². The Bertz CT molecular complexity index is 811. The quantitative estimate of drug-likeness (QED) is 0.892. The topological polar surface area (TPSA) is 62.3 Å². The molecule has 6 heteroatoms. The zero-order chi connectivity index (χ0) is 17.9. The molecular weight excluding hydrogens is 346 g/mol. The van der Waals surface area contributed by atoms with Crippen LogP contribution in [0.1, 0.15) is 43.4 Å². The Morgan fingerprint density at radius 3 is 2.85 bits per heavy atom. The molecule has 1 N–H and O–H groups in total. The van der Waals surface area contributed by atoms with Crippen molar-refractivity contribution in [2.24, 2.45) is 5.92 Å². The van der Waals surface area contributed by atoms with Gasteiger partial charge >= 0.3 is 0 Å². The van der Waals surface area contributed by atoms with Crippen LogP contribution in [0.25, 0.3) is 0 Å². The second-order valence-electron chi connectivity index (χ2n) is 7.07. The van der Waals surface area contributed by atoms with Crippen LogP contribution in [0.15, 0.2) is 29.6 Å². The Morgan fingerprint density at radius 1 is 1.19 bits per heavy atom. The third-order valence-electron chi connectivity index (χ3n) is 5.25. The van der Waals surface area contributed by atoms with Crippen molar-refractivity contribution in [2.45, 2.75) is 44.9 Å². The minimum atomic E-state index is 0.0659. The Morgan fingerprint density at radius 2 is 2.00 bits per heavy atom. The van der Waals surface area contributed by atoms with Gasteiger partial charge in [-0.15, -0.1) is 11.3 Å². The molecule has 0 saturated heterocycles. The zero-order valence-electron chi connectivity index (χ0n) is 14.7. The number of carbonyl (C=O) groups is 2. The minimum Gasteiger partial charge on any atom is -0.312 e. The van der Waals surface area contributed by atoms with Gasteiger partial charge in [0.1, 0.15) is 0 Å². The fourth-order valence-electron chi connectivity index (χ4n) is 3.88. The number of hydrogen-bond donors (Lipinski definition) is 1. The summed E-state index contributed by atoms with van der Waals surface area (Å²) in [5, 5.41) is 5.39. The van der Waals surface area contributed by atoms with Crippen LogP contribution in [-0.2, 0) is 22.4 Å². The third-order valence-corrected chi connectivity index (χ3v) is 6.06. The number of carbonyl (C=O) groups excluding carboxylic acids is 2. The molecule has 1 aliphatic carbocycles. The molecule has 2 heterocycles. The Labute approximate surface area is 157 Å². The first-order valence-corrected chi connectivity index (χ1v) is 10.2. The van der Waals surface area contributed by atoms with Crippen molar-refractivity contribution in [3.8, 4) is 0 Å². The van der Waals surface area contributed by atoms with E-state index >= 15 is 0 Å². The van der Waals surface area contributed by atoms with Gasteiger partial charge < -0.3 is 10.2 Å². The molecule has 1 fully saturated rings. The number of fused-ring (bicyclic) bond motifs is 1. The minimum absolute atomic E-state index is 0.0659. The Balaban J connectivity index is 1.40. The highest BCUT2D eigenvalue weighted by Crippen LogP contribution is 2.28. The molecule has 26 heavy (non-hydrogen) atoms. The van der Waals surface area contributed by atoms with Gasteiger partial charge in [0.25, 0.3) is 0 Å². The van der Waals surface area contributed by atoms with Gasteiger partial charge in [0.2, 0.25) is 11.8 Å². The maximum absolute atomic E-state index is 12.8. The van der Waals surface area contributed by atoms with Crippen molar-refractivity contribution < 1.29 is 9.59 Å². The largest absolute Gasteiger partial charge is 0.312 e. The molecule has 2 aliphatic rings. The van der Waals surface area contributed by atoms with E-state index in [-0.39, 0.29) is 24.2 Å². The van der Waals surface area contributed by atoms with Crippen LogP contribution in [0.3, 0.4) is 0 Å². The SMILES string of the molecule is O=C(Nc1nc(CC(=O)N2CCCc3ccccc32)cs1)C1CCCC1. The molecule has 1 aliphatic heterocycles. The molecule has 2 aromatic rings. The first-order valence-electron chi connectivity index (χ1n) is 9.34.